The smallest absolute Gasteiger partial charge is 0.227 e. The van der Waals surface area contributed by atoms with Crippen LogP contribution in [0, 0.1) is 17.8 Å². The number of nitrogens with zero attached hydrogens (tertiary/aromatic N) is 1. The lowest BCUT2D eigenvalue weighted by Gasteiger charge is -2.29. The molecule has 1 aromatic rings. The molecular formula is C18H24N2O. The third-order valence-electron chi connectivity index (χ3n) is 5.87. The summed E-state index contributed by atoms with van der Waals surface area (Å²) < 4.78 is 0. The number of fused-ring (bicyclic) bond motifs is 2. The monoisotopic (exact) mass is 284 g/mol. The predicted molar refractivity (Wildman–Crippen MR) is 84.3 cm³/mol. The van der Waals surface area contributed by atoms with Crippen LogP contribution in [-0.2, 0) is 11.2 Å². The summed E-state index contributed by atoms with van der Waals surface area (Å²) in [7, 11) is 3.98. The van der Waals surface area contributed by atoms with Gasteiger partial charge in [-0.3, -0.25) is 4.79 Å². The third-order valence-corrected chi connectivity index (χ3v) is 5.87. The van der Waals surface area contributed by atoms with Crippen molar-refractivity contribution in [3.05, 3.63) is 29.3 Å². The number of benzene rings is 1. The van der Waals surface area contributed by atoms with Gasteiger partial charge in [-0.2, -0.15) is 0 Å². The van der Waals surface area contributed by atoms with Crippen LogP contribution in [0.15, 0.2) is 18.2 Å². The van der Waals surface area contributed by atoms with Gasteiger partial charge in [0.05, 0.1) is 0 Å². The molecule has 0 spiro atoms. The fourth-order valence-corrected chi connectivity index (χ4v) is 4.58. The van der Waals surface area contributed by atoms with Gasteiger partial charge in [0.25, 0.3) is 0 Å². The molecule has 3 unspecified atom stereocenters. The fourth-order valence-electron chi connectivity index (χ4n) is 4.58. The topological polar surface area (TPSA) is 32.3 Å². The molecule has 0 aromatic heterocycles. The number of carbonyl (C=O) groups is 1. The average Bonchev–Trinajstić information content (AvgIpc) is 3.10. The first-order chi connectivity index (χ1) is 10.2. The quantitative estimate of drug-likeness (QED) is 0.925. The van der Waals surface area contributed by atoms with Crippen molar-refractivity contribution in [3.63, 3.8) is 0 Å². The van der Waals surface area contributed by atoms with E-state index in [1.54, 1.807) is 0 Å². The highest BCUT2D eigenvalue weighted by Crippen LogP contribution is 2.57. The molecule has 1 aliphatic heterocycles. The van der Waals surface area contributed by atoms with Crippen LogP contribution in [0.4, 0.5) is 5.69 Å². The molecule has 3 aliphatic rings. The first-order valence-corrected chi connectivity index (χ1v) is 8.24. The third kappa shape index (κ3) is 2.18. The van der Waals surface area contributed by atoms with Gasteiger partial charge in [-0.1, -0.05) is 12.1 Å². The van der Waals surface area contributed by atoms with E-state index in [1.165, 1.54) is 30.4 Å². The van der Waals surface area contributed by atoms with Gasteiger partial charge >= 0.3 is 0 Å². The summed E-state index contributed by atoms with van der Waals surface area (Å²) in [6.45, 7) is 0. The van der Waals surface area contributed by atoms with E-state index in [-0.39, 0.29) is 5.91 Å². The van der Waals surface area contributed by atoms with Crippen LogP contribution < -0.4 is 10.2 Å². The largest absolute Gasteiger partial charge is 0.315 e. The molecule has 3 atom stereocenters. The van der Waals surface area contributed by atoms with E-state index >= 15 is 0 Å². The van der Waals surface area contributed by atoms with Crippen LogP contribution in [0.25, 0.3) is 0 Å². The van der Waals surface area contributed by atoms with Crippen molar-refractivity contribution in [2.24, 2.45) is 17.8 Å². The summed E-state index contributed by atoms with van der Waals surface area (Å²) in [6, 6.07) is 7.18. The van der Waals surface area contributed by atoms with Gasteiger partial charge in [-0.15, -0.1) is 0 Å². The van der Waals surface area contributed by atoms with E-state index in [2.05, 4.69) is 30.6 Å². The molecule has 0 bridgehead atoms. The van der Waals surface area contributed by atoms with Crippen molar-refractivity contribution in [2.75, 3.05) is 19.0 Å². The maximum atomic E-state index is 11.8. The minimum Gasteiger partial charge on any atom is -0.315 e. The number of aryl methyl sites for hydroxylation is 1. The molecule has 0 saturated heterocycles. The van der Waals surface area contributed by atoms with E-state index in [9.17, 15) is 4.79 Å². The van der Waals surface area contributed by atoms with E-state index in [1.807, 2.05) is 11.9 Å². The molecule has 3 nitrogen and oxygen atoms in total. The number of nitrogens with one attached hydrogen (secondary N) is 1. The summed E-state index contributed by atoms with van der Waals surface area (Å²) in [5.41, 5.74) is 3.84. The van der Waals surface area contributed by atoms with Crippen LogP contribution in [0.5, 0.6) is 0 Å². The van der Waals surface area contributed by atoms with Crippen LogP contribution in [0.3, 0.4) is 0 Å². The van der Waals surface area contributed by atoms with Crippen molar-refractivity contribution < 1.29 is 4.79 Å². The normalized spacial score (nSPS) is 31.8. The lowest BCUT2D eigenvalue weighted by atomic mass is 9.87. The minimum atomic E-state index is 0.233. The Kier molecular flexibility index (Phi) is 3.07. The highest BCUT2D eigenvalue weighted by molar-refractivity contribution is 5.95. The second-order valence-electron chi connectivity index (χ2n) is 7.09. The van der Waals surface area contributed by atoms with Gasteiger partial charge < -0.3 is 10.2 Å². The standard InChI is InChI=1S/C18H24N2O/c1-19-18(15-9-13-8-14(13)10-15)12-3-5-16-11(7-12)4-6-17(21)20(16)2/h3,5,7,13-15,18-19H,4,6,8-10H2,1-2H3. The van der Waals surface area contributed by atoms with Crippen molar-refractivity contribution in [3.8, 4) is 0 Å². The highest BCUT2D eigenvalue weighted by Gasteiger charge is 2.47. The molecule has 4 rings (SSSR count). The maximum absolute atomic E-state index is 11.8. The summed E-state index contributed by atoms with van der Waals surface area (Å²) in [6.07, 6.45) is 5.80. The minimum absolute atomic E-state index is 0.233. The Bertz CT molecular complexity index is 573. The maximum Gasteiger partial charge on any atom is 0.227 e. The van der Waals surface area contributed by atoms with Gasteiger partial charge in [-0.25, -0.2) is 0 Å². The molecule has 0 radical (unpaired) electrons. The van der Waals surface area contributed by atoms with Crippen LogP contribution in [0.2, 0.25) is 0 Å². The van der Waals surface area contributed by atoms with Crippen LogP contribution >= 0.6 is 0 Å². The van der Waals surface area contributed by atoms with Gasteiger partial charge in [0.2, 0.25) is 5.91 Å². The first-order valence-electron chi connectivity index (χ1n) is 8.24. The Labute approximate surface area is 126 Å². The Hall–Kier alpha value is -1.35. The van der Waals surface area contributed by atoms with E-state index in [0.29, 0.717) is 12.5 Å². The first kappa shape index (κ1) is 13.3. The van der Waals surface area contributed by atoms with Gasteiger partial charge in [-0.05, 0) is 67.7 Å². The lowest BCUT2D eigenvalue weighted by Crippen LogP contribution is -2.31. The molecule has 3 heteroatoms. The number of anilines is 1. The molecule has 1 aromatic carbocycles. The summed E-state index contributed by atoms with van der Waals surface area (Å²) >= 11 is 0. The van der Waals surface area contributed by atoms with Gasteiger partial charge in [0.1, 0.15) is 0 Å². The molecule has 112 valence electrons. The number of hydrogen-bond acceptors (Lipinski definition) is 2. The van der Waals surface area contributed by atoms with Crippen molar-refractivity contribution >= 4 is 11.6 Å². The molecule has 2 fully saturated rings. The molecule has 2 saturated carbocycles. The average molecular weight is 284 g/mol. The van der Waals surface area contributed by atoms with Crippen LogP contribution in [0.1, 0.15) is 42.9 Å². The number of amides is 1. The molecule has 2 aliphatic carbocycles. The van der Waals surface area contributed by atoms with E-state index in [4.69, 9.17) is 0 Å². The Morgan fingerprint density at radius 3 is 2.67 bits per heavy atom. The van der Waals surface area contributed by atoms with E-state index in [0.717, 1.165) is 29.9 Å². The number of hydrogen-bond donors (Lipinski definition) is 1. The zero-order valence-electron chi connectivity index (χ0n) is 12.9. The zero-order chi connectivity index (χ0) is 14.6. The summed E-state index contributed by atoms with van der Waals surface area (Å²) in [5, 5.41) is 3.55. The molecular weight excluding hydrogens is 260 g/mol. The summed E-state index contributed by atoms with van der Waals surface area (Å²) in [4.78, 5) is 13.6. The van der Waals surface area contributed by atoms with Crippen molar-refractivity contribution in [1.29, 1.82) is 0 Å². The van der Waals surface area contributed by atoms with Crippen LogP contribution in [-0.4, -0.2) is 20.0 Å². The molecule has 1 N–H and O–H groups in total. The Morgan fingerprint density at radius 2 is 1.95 bits per heavy atom. The zero-order valence-corrected chi connectivity index (χ0v) is 12.9. The number of carbonyl (C=O) groups excluding carboxylic acids is 1. The fraction of sp³-hybridized carbons (Fsp3) is 0.611. The molecule has 1 amide bonds. The molecule has 21 heavy (non-hydrogen) atoms. The second-order valence-corrected chi connectivity index (χ2v) is 7.09. The predicted octanol–water partition coefficient (Wildman–Crippen LogP) is 2.90. The highest BCUT2D eigenvalue weighted by atomic mass is 16.2. The van der Waals surface area contributed by atoms with E-state index < -0.39 is 0 Å². The van der Waals surface area contributed by atoms with Gasteiger partial charge in [0.15, 0.2) is 0 Å². The Balaban J connectivity index is 1.61. The Morgan fingerprint density at radius 1 is 1.19 bits per heavy atom. The summed E-state index contributed by atoms with van der Waals surface area (Å²) in [5.74, 6) is 3.07. The second kappa shape index (κ2) is 4.84. The SMILES string of the molecule is CNC(c1ccc2c(c1)CCC(=O)N2C)C1CC2CC2C1. The van der Waals surface area contributed by atoms with Crippen molar-refractivity contribution in [2.45, 2.75) is 38.1 Å². The van der Waals surface area contributed by atoms with Gasteiger partial charge in [0, 0.05) is 25.2 Å². The van der Waals surface area contributed by atoms with Crippen molar-refractivity contribution in [1.82, 2.24) is 5.32 Å². The molecule has 1 heterocycles. The lowest BCUT2D eigenvalue weighted by molar-refractivity contribution is -0.118. The number of rotatable bonds is 3.